The van der Waals surface area contributed by atoms with E-state index in [0.717, 1.165) is 0 Å². The zero-order valence-corrected chi connectivity index (χ0v) is 6.47. The molecular formula is AlCoNiTi. The van der Waals surface area contributed by atoms with Crippen molar-refractivity contribution in [1.29, 1.82) is 0 Å². The van der Waals surface area contributed by atoms with Gasteiger partial charge in [-0.1, -0.05) is 0 Å². The van der Waals surface area contributed by atoms with E-state index in [2.05, 4.69) is 0 Å². The minimum Gasteiger partial charge on any atom is 0 e. The maximum absolute atomic E-state index is 0. The van der Waals surface area contributed by atoms with Gasteiger partial charge in [0.15, 0.2) is 0 Å². The fraction of sp³-hybridized carbons (Fsp3) is 0. The van der Waals surface area contributed by atoms with E-state index >= 15 is 0 Å². The van der Waals surface area contributed by atoms with Crippen molar-refractivity contribution in [2.75, 3.05) is 0 Å². The van der Waals surface area contributed by atoms with Crippen LogP contribution in [-0.4, -0.2) is 17.4 Å². The van der Waals surface area contributed by atoms with E-state index in [1.54, 1.807) is 0 Å². The minimum atomic E-state index is 0. The molecule has 0 aliphatic heterocycles. The van der Waals surface area contributed by atoms with E-state index in [4.69, 9.17) is 0 Å². The van der Waals surface area contributed by atoms with Gasteiger partial charge in [-0.15, -0.1) is 0 Å². The summed E-state index contributed by atoms with van der Waals surface area (Å²) in [6.45, 7) is 0. The van der Waals surface area contributed by atoms with Crippen LogP contribution in [0.1, 0.15) is 0 Å². The first-order valence-electron chi connectivity index (χ1n) is 0. The predicted molar refractivity (Wildman–Crippen MR) is 5.75 cm³/mol. The Balaban J connectivity index is 0. The van der Waals surface area contributed by atoms with Crippen molar-refractivity contribution in [1.82, 2.24) is 0 Å². The molecule has 26 valence electrons. The summed E-state index contributed by atoms with van der Waals surface area (Å²) >= 11 is 0. The largest absolute Gasteiger partial charge is 0 e. The molecule has 0 fully saturated rings. The summed E-state index contributed by atoms with van der Waals surface area (Å²) in [5.41, 5.74) is 0. The molecule has 0 amide bonds. The van der Waals surface area contributed by atoms with Crippen LogP contribution in [-0.2, 0) is 55.0 Å². The van der Waals surface area contributed by atoms with E-state index in [0.29, 0.717) is 0 Å². The molecule has 0 aromatic carbocycles. The summed E-state index contributed by atoms with van der Waals surface area (Å²) in [7, 11) is 0. The topological polar surface area (TPSA) is 0 Å². The second-order valence-electron chi connectivity index (χ2n) is 0. The van der Waals surface area contributed by atoms with E-state index in [1.807, 2.05) is 0 Å². The third-order valence-electron chi connectivity index (χ3n) is 0. The molecular weight excluding hydrogens is 192 g/mol. The Hall–Kier alpha value is 2.25. The Morgan fingerprint density at radius 3 is 1.00 bits per heavy atom. The third kappa shape index (κ3) is 8.87. The summed E-state index contributed by atoms with van der Waals surface area (Å²) in [4.78, 5) is 0. The zero-order chi connectivity index (χ0) is 0. The molecule has 0 aromatic heterocycles. The fourth-order valence-electron chi connectivity index (χ4n) is 0. The molecule has 0 aliphatic carbocycles. The molecule has 0 saturated heterocycles. The minimum absolute atomic E-state index is 0. The van der Waals surface area contributed by atoms with Crippen molar-refractivity contribution in [3.05, 3.63) is 0 Å². The van der Waals surface area contributed by atoms with Crippen LogP contribution in [0.3, 0.4) is 0 Å². The molecule has 0 N–H and O–H groups in total. The maximum atomic E-state index is 0. The Labute approximate surface area is 71.6 Å². The van der Waals surface area contributed by atoms with Gasteiger partial charge in [0.25, 0.3) is 0 Å². The first-order valence-corrected chi connectivity index (χ1v) is 0. The number of hydrogen-bond donors (Lipinski definition) is 0. The molecule has 4 heteroatoms. The molecule has 4 radical (unpaired) electrons. The maximum Gasteiger partial charge on any atom is 0 e. The Bertz CT molecular complexity index is 8.00. The molecule has 0 bridgehead atoms. The molecule has 0 spiro atoms. The number of rotatable bonds is 0. The summed E-state index contributed by atoms with van der Waals surface area (Å²) in [6.07, 6.45) is 0. The van der Waals surface area contributed by atoms with Crippen molar-refractivity contribution in [2.24, 2.45) is 0 Å². The van der Waals surface area contributed by atoms with Crippen LogP contribution in [0, 0.1) is 0 Å². The summed E-state index contributed by atoms with van der Waals surface area (Å²) in [6, 6.07) is 0. The van der Waals surface area contributed by atoms with Gasteiger partial charge in [-0.05, 0) is 0 Å². The normalized spacial score (nSPS) is 0. The molecule has 0 rings (SSSR count). The summed E-state index contributed by atoms with van der Waals surface area (Å²) in [5, 5.41) is 0. The second kappa shape index (κ2) is 18.7. The number of hydrogen-bond acceptors (Lipinski definition) is 0. The van der Waals surface area contributed by atoms with Gasteiger partial charge < -0.3 is 0 Å². The molecule has 0 aromatic rings. The first kappa shape index (κ1) is 34.1. The molecule has 4 heavy (non-hydrogen) atoms. The van der Waals surface area contributed by atoms with Crippen LogP contribution in [0.15, 0.2) is 0 Å². The monoisotopic (exact) mass is 192 g/mol. The van der Waals surface area contributed by atoms with Gasteiger partial charge in [0.05, 0.1) is 0 Å². The standard InChI is InChI=1S/Al.Co.Ni.Ti. The Kier molecular flexibility index (Phi) is 160. The van der Waals surface area contributed by atoms with Crippen LogP contribution < -0.4 is 0 Å². The van der Waals surface area contributed by atoms with E-state index in [1.165, 1.54) is 0 Å². The molecule has 0 heterocycles. The average Bonchev–Trinajstić information content (AvgIpc) is 0. The van der Waals surface area contributed by atoms with Gasteiger partial charge in [0.2, 0.25) is 0 Å². The molecule has 0 nitrogen and oxygen atoms in total. The molecule has 0 unspecified atom stereocenters. The van der Waals surface area contributed by atoms with Crippen LogP contribution in [0.5, 0.6) is 0 Å². The van der Waals surface area contributed by atoms with E-state index in [-0.39, 0.29) is 72.3 Å². The smallest absolute Gasteiger partial charge is 0 e. The molecule has 0 atom stereocenters. The Morgan fingerprint density at radius 2 is 1.00 bits per heavy atom. The van der Waals surface area contributed by atoms with Crippen molar-refractivity contribution in [3.63, 3.8) is 0 Å². The first-order chi connectivity index (χ1) is 0. The fourth-order valence-corrected chi connectivity index (χ4v) is 0. The van der Waals surface area contributed by atoms with Gasteiger partial charge in [-0.2, -0.15) is 0 Å². The second-order valence-corrected chi connectivity index (χ2v) is 0. The predicted octanol–water partition coefficient (Wildman–Crippen LogP) is -0.388. The SMILES string of the molecule is [Al].[Co].[Ni].[Ti]. The van der Waals surface area contributed by atoms with E-state index < -0.39 is 0 Å². The van der Waals surface area contributed by atoms with Crippen LogP contribution in [0.25, 0.3) is 0 Å². The van der Waals surface area contributed by atoms with Crippen LogP contribution in [0.2, 0.25) is 0 Å². The summed E-state index contributed by atoms with van der Waals surface area (Å²) < 4.78 is 0. The van der Waals surface area contributed by atoms with Crippen molar-refractivity contribution >= 4 is 17.4 Å². The average molecular weight is 192 g/mol. The molecule has 0 saturated carbocycles. The van der Waals surface area contributed by atoms with Crippen LogP contribution >= 0.6 is 0 Å². The van der Waals surface area contributed by atoms with Crippen LogP contribution in [0.4, 0.5) is 0 Å². The Morgan fingerprint density at radius 1 is 1.00 bits per heavy atom. The quantitative estimate of drug-likeness (QED) is 0.459. The van der Waals surface area contributed by atoms with Gasteiger partial charge >= 0.3 is 0 Å². The van der Waals surface area contributed by atoms with Gasteiger partial charge in [0, 0.05) is 72.3 Å². The van der Waals surface area contributed by atoms with Crippen molar-refractivity contribution in [2.45, 2.75) is 0 Å². The van der Waals surface area contributed by atoms with Crippen molar-refractivity contribution < 1.29 is 55.0 Å². The van der Waals surface area contributed by atoms with Crippen molar-refractivity contribution in [3.8, 4) is 0 Å². The zero-order valence-electron chi connectivity index (χ0n) is 1.73. The summed E-state index contributed by atoms with van der Waals surface area (Å²) in [5.74, 6) is 0. The molecule has 0 aliphatic rings. The van der Waals surface area contributed by atoms with Gasteiger partial charge in [0.1, 0.15) is 0 Å². The third-order valence-corrected chi connectivity index (χ3v) is 0. The van der Waals surface area contributed by atoms with E-state index in [9.17, 15) is 0 Å². The van der Waals surface area contributed by atoms with Gasteiger partial charge in [-0.3, -0.25) is 0 Å². The van der Waals surface area contributed by atoms with Gasteiger partial charge in [-0.25, -0.2) is 0 Å².